The molecule has 0 rings (SSSR count). The lowest BCUT2D eigenvalue weighted by Gasteiger charge is -2.08. The lowest BCUT2D eigenvalue weighted by molar-refractivity contribution is 0.472. The summed E-state index contributed by atoms with van der Waals surface area (Å²) in [6, 6.07) is 0. The van der Waals surface area contributed by atoms with Gasteiger partial charge in [-0.15, -0.1) is 0 Å². The molecule has 3 N–H and O–H groups in total. The zero-order chi connectivity index (χ0) is 8.91. The smallest absolute Gasteiger partial charge is 0.264 e. The van der Waals surface area contributed by atoms with Crippen LogP contribution in [0.3, 0.4) is 0 Å². The minimum Gasteiger partial charge on any atom is -0.330 e. The number of rotatable bonds is 5. The van der Waals surface area contributed by atoms with Gasteiger partial charge >= 0.3 is 0 Å². The maximum absolute atomic E-state index is 10.3. The van der Waals surface area contributed by atoms with Gasteiger partial charge in [0.1, 0.15) is 0 Å². The van der Waals surface area contributed by atoms with Gasteiger partial charge in [0.15, 0.2) is 0 Å². The molecule has 11 heavy (non-hydrogen) atoms. The van der Waals surface area contributed by atoms with Crippen molar-refractivity contribution >= 4 is 22.7 Å². The Labute approximate surface area is 72.3 Å². The van der Waals surface area contributed by atoms with E-state index >= 15 is 0 Å². The van der Waals surface area contributed by atoms with E-state index in [-0.39, 0.29) is 11.7 Å². The topological polar surface area (TPSA) is 80.4 Å². The van der Waals surface area contributed by atoms with Gasteiger partial charge in [0, 0.05) is 0 Å². The first kappa shape index (κ1) is 11.2. The quantitative estimate of drug-likeness (QED) is 0.422. The monoisotopic (exact) mass is 199 g/mol. The lowest BCUT2D eigenvalue weighted by atomic mass is 10.1. The summed E-state index contributed by atoms with van der Waals surface area (Å²) >= 11 is 3.97. The molecule has 0 aliphatic carbocycles. The van der Waals surface area contributed by atoms with Crippen LogP contribution in [0, 0.1) is 5.92 Å². The van der Waals surface area contributed by atoms with Crippen molar-refractivity contribution in [2.75, 3.05) is 18.1 Å². The van der Waals surface area contributed by atoms with Crippen LogP contribution in [-0.4, -0.2) is 31.0 Å². The molecule has 0 heterocycles. The van der Waals surface area contributed by atoms with Crippen LogP contribution in [0.5, 0.6) is 0 Å². The summed E-state index contributed by atoms with van der Waals surface area (Å²) in [6.07, 6.45) is 0.374. The second kappa shape index (κ2) is 4.97. The fourth-order valence-electron chi connectivity index (χ4n) is 0.599. The van der Waals surface area contributed by atoms with Gasteiger partial charge in [-0.25, -0.2) is 0 Å². The highest BCUT2D eigenvalue weighted by molar-refractivity contribution is 7.85. The molecule has 0 aliphatic heterocycles. The Morgan fingerprint density at radius 2 is 2.09 bits per heavy atom. The fourth-order valence-corrected chi connectivity index (χ4v) is 1.56. The van der Waals surface area contributed by atoms with E-state index in [0.717, 1.165) is 0 Å². The highest BCUT2D eigenvalue weighted by Gasteiger charge is 2.10. The van der Waals surface area contributed by atoms with Crippen molar-refractivity contribution in [3.05, 3.63) is 0 Å². The van der Waals surface area contributed by atoms with Gasteiger partial charge in [-0.2, -0.15) is 21.0 Å². The molecule has 1 unspecified atom stereocenters. The molecular formula is C5H13NO3S2. The van der Waals surface area contributed by atoms with Gasteiger partial charge in [0.05, 0.1) is 5.75 Å². The maximum Gasteiger partial charge on any atom is 0.264 e. The van der Waals surface area contributed by atoms with Gasteiger partial charge in [-0.05, 0) is 24.6 Å². The third-order valence-electron chi connectivity index (χ3n) is 1.38. The van der Waals surface area contributed by atoms with E-state index in [2.05, 4.69) is 12.6 Å². The van der Waals surface area contributed by atoms with Crippen molar-refractivity contribution in [2.24, 2.45) is 11.7 Å². The van der Waals surface area contributed by atoms with Crippen LogP contribution < -0.4 is 5.73 Å². The molecule has 0 aromatic rings. The average molecular weight is 199 g/mol. The fraction of sp³-hybridized carbons (Fsp3) is 1.00. The van der Waals surface area contributed by atoms with Gasteiger partial charge in [-0.3, -0.25) is 4.55 Å². The van der Waals surface area contributed by atoms with Crippen LogP contribution in [0.4, 0.5) is 0 Å². The zero-order valence-corrected chi connectivity index (χ0v) is 7.81. The number of hydrogen-bond acceptors (Lipinski definition) is 4. The normalized spacial score (nSPS) is 14.8. The van der Waals surface area contributed by atoms with E-state index in [1.165, 1.54) is 0 Å². The first-order valence-corrected chi connectivity index (χ1v) is 5.50. The maximum atomic E-state index is 10.3. The number of thiol groups is 1. The summed E-state index contributed by atoms with van der Waals surface area (Å²) in [5, 5.41) is 0. The molecule has 68 valence electrons. The Kier molecular flexibility index (Phi) is 5.07. The van der Waals surface area contributed by atoms with Gasteiger partial charge in [0.2, 0.25) is 0 Å². The molecule has 0 radical (unpaired) electrons. The summed E-state index contributed by atoms with van der Waals surface area (Å²) < 4.78 is 28.9. The third-order valence-corrected chi connectivity index (χ3v) is 2.64. The van der Waals surface area contributed by atoms with E-state index < -0.39 is 10.1 Å². The second-order valence-electron chi connectivity index (χ2n) is 2.36. The van der Waals surface area contributed by atoms with Crippen LogP contribution in [0.2, 0.25) is 0 Å². The van der Waals surface area contributed by atoms with Gasteiger partial charge in [-0.1, -0.05) is 0 Å². The van der Waals surface area contributed by atoms with Crippen molar-refractivity contribution < 1.29 is 13.0 Å². The Balaban J connectivity index is 3.69. The highest BCUT2D eigenvalue weighted by atomic mass is 32.2. The van der Waals surface area contributed by atoms with Crippen LogP contribution in [0.1, 0.15) is 6.42 Å². The molecule has 0 amide bonds. The Morgan fingerprint density at radius 1 is 1.55 bits per heavy atom. The average Bonchev–Trinajstić information content (AvgIpc) is 1.88. The van der Waals surface area contributed by atoms with E-state index in [0.29, 0.717) is 18.7 Å². The van der Waals surface area contributed by atoms with E-state index in [9.17, 15) is 8.42 Å². The van der Waals surface area contributed by atoms with Crippen LogP contribution in [0.15, 0.2) is 0 Å². The molecule has 4 nitrogen and oxygen atoms in total. The second-order valence-corrected chi connectivity index (χ2v) is 4.30. The lowest BCUT2D eigenvalue weighted by Crippen LogP contribution is -2.19. The first-order chi connectivity index (χ1) is 4.99. The van der Waals surface area contributed by atoms with E-state index in [4.69, 9.17) is 10.3 Å². The zero-order valence-electron chi connectivity index (χ0n) is 6.10. The number of hydrogen-bond donors (Lipinski definition) is 3. The predicted molar refractivity (Wildman–Crippen MR) is 47.4 cm³/mol. The summed E-state index contributed by atoms with van der Waals surface area (Å²) in [7, 11) is -3.83. The number of nitrogens with two attached hydrogens (primary N) is 1. The molecule has 6 heteroatoms. The largest absolute Gasteiger partial charge is 0.330 e. The van der Waals surface area contributed by atoms with E-state index in [1.807, 2.05) is 0 Å². The summed E-state index contributed by atoms with van der Waals surface area (Å²) in [4.78, 5) is 0. The van der Waals surface area contributed by atoms with Crippen molar-refractivity contribution in [3.63, 3.8) is 0 Å². The minimum absolute atomic E-state index is 0.0697. The van der Waals surface area contributed by atoms with Gasteiger partial charge in [0.25, 0.3) is 10.1 Å². The molecule has 0 saturated heterocycles. The van der Waals surface area contributed by atoms with Crippen molar-refractivity contribution in [3.8, 4) is 0 Å². The first-order valence-electron chi connectivity index (χ1n) is 3.25. The molecule has 1 atom stereocenters. The summed E-state index contributed by atoms with van der Waals surface area (Å²) in [6.45, 7) is 0.402. The molecule has 0 aromatic carbocycles. The van der Waals surface area contributed by atoms with Crippen molar-refractivity contribution in [1.82, 2.24) is 0 Å². The highest BCUT2D eigenvalue weighted by Crippen LogP contribution is 2.04. The molecule has 0 aromatic heterocycles. The molecule has 0 saturated carbocycles. The Morgan fingerprint density at radius 3 is 2.36 bits per heavy atom. The minimum atomic E-state index is -3.83. The molecule has 0 fully saturated rings. The molecule has 0 spiro atoms. The van der Waals surface area contributed by atoms with Crippen molar-refractivity contribution in [1.29, 1.82) is 0 Å². The molecule has 0 aliphatic rings. The Hall–Kier alpha value is 0.220. The van der Waals surface area contributed by atoms with Gasteiger partial charge < -0.3 is 5.73 Å². The Bertz CT molecular complexity index is 186. The summed E-state index contributed by atoms with van der Waals surface area (Å²) in [5.74, 6) is 0.391. The molecular weight excluding hydrogens is 186 g/mol. The van der Waals surface area contributed by atoms with Crippen LogP contribution in [0.25, 0.3) is 0 Å². The standard InChI is InChI=1S/C5H13NO3S2/c6-3-5(4-10)1-2-11(7,8)9/h5,10H,1-4,6H2,(H,7,8,9). The SMILES string of the molecule is NCC(CS)CCS(=O)(=O)O. The van der Waals surface area contributed by atoms with Crippen LogP contribution >= 0.6 is 12.6 Å². The van der Waals surface area contributed by atoms with Crippen molar-refractivity contribution in [2.45, 2.75) is 6.42 Å². The van der Waals surface area contributed by atoms with E-state index in [1.54, 1.807) is 0 Å². The predicted octanol–water partition coefficient (Wildman–Crippen LogP) is -0.231. The third kappa shape index (κ3) is 6.61. The summed E-state index contributed by atoms with van der Waals surface area (Å²) in [5.41, 5.74) is 5.29. The van der Waals surface area contributed by atoms with Crippen LogP contribution in [-0.2, 0) is 10.1 Å². The molecule has 0 bridgehead atoms.